The summed E-state index contributed by atoms with van der Waals surface area (Å²) < 4.78 is -1.03. The number of nitrogens with zero attached hydrogens (tertiary/aromatic N) is 2. The van der Waals surface area contributed by atoms with Crippen LogP contribution in [-0.4, -0.2) is 32.2 Å². The number of alkyl halides is 2. The van der Waals surface area contributed by atoms with Gasteiger partial charge in [0.1, 0.15) is 11.2 Å². The van der Waals surface area contributed by atoms with Gasteiger partial charge in [-0.1, -0.05) is 46.4 Å². The molecule has 2 aliphatic heterocycles. The average molecular weight is 350 g/mol. The minimum absolute atomic E-state index is 0.0317. The number of hydrogen-bond donors (Lipinski definition) is 0. The van der Waals surface area contributed by atoms with Gasteiger partial charge < -0.3 is 4.90 Å². The normalized spacial score (nSPS) is 33.0. The second-order valence-electron chi connectivity index (χ2n) is 5.27. The van der Waals surface area contributed by atoms with Crippen LogP contribution in [0.2, 0.25) is 5.02 Å². The van der Waals surface area contributed by atoms with Crippen molar-refractivity contribution >= 4 is 58.4 Å². The predicted octanol–water partition coefficient (Wildman–Crippen LogP) is 3.72. The molecule has 1 aliphatic carbocycles. The lowest BCUT2D eigenvalue weighted by atomic mass is 10.1. The second-order valence-corrected chi connectivity index (χ2v) is 7.50. The Kier molecular flexibility index (Phi) is 2.53. The smallest absolute Gasteiger partial charge is 0.273 e. The topological polar surface area (TPSA) is 33.2 Å². The van der Waals surface area contributed by atoms with E-state index < -0.39 is 9.87 Å². The molecule has 1 aromatic heterocycles. The van der Waals surface area contributed by atoms with Crippen LogP contribution in [0.4, 0.5) is 0 Å². The van der Waals surface area contributed by atoms with Gasteiger partial charge in [-0.2, -0.15) is 0 Å². The SMILES string of the molecule is O=C1c2ncc(Cl)cc2C=C(Cl)C23C(CCN12)C3(Cl)Cl. The lowest BCUT2D eigenvalue weighted by molar-refractivity contribution is 0.0719. The van der Waals surface area contributed by atoms with Gasteiger partial charge in [0.05, 0.1) is 5.02 Å². The van der Waals surface area contributed by atoms with E-state index in [0.717, 1.165) is 6.42 Å². The zero-order chi connectivity index (χ0) is 14.3. The standard InChI is InChI=1S/C13H8Cl4N2O/c14-7-3-6-4-9(15)12-8(13(12,16)17)1-2-19(12)11(20)10(6)18-5-7/h3-5,8H,1-2H2. The number of carbonyl (C=O) groups excluding carboxylic acids is 1. The highest BCUT2D eigenvalue weighted by Crippen LogP contribution is 2.74. The average Bonchev–Trinajstić information content (AvgIpc) is 2.72. The molecule has 3 heterocycles. The molecule has 1 saturated carbocycles. The van der Waals surface area contributed by atoms with Gasteiger partial charge in [-0.15, -0.1) is 0 Å². The molecule has 0 bridgehead atoms. The highest BCUT2D eigenvalue weighted by atomic mass is 35.5. The summed E-state index contributed by atoms with van der Waals surface area (Å²) >= 11 is 25.2. The summed E-state index contributed by atoms with van der Waals surface area (Å²) in [7, 11) is 0. The Morgan fingerprint density at radius 3 is 2.80 bits per heavy atom. The first-order valence-corrected chi connectivity index (χ1v) is 7.65. The first kappa shape index (κ1) is 13.2. The van der Waals surface area contributed by atoms with E-state index in [1.807, 2.05) is 0 Å². The number of piperidine rings is 1. The van der Waals surface area contributed by atoms with E-state index in [1.54, 1.807) is 17.0 Å². The largest absolute Gasteiger partial charge is 0.323 e. The molecule has 104 valence electrons. The van der Waals surface area contributed by atoms with Crippen molar-refractivity contribution in [1.29, 1.82) is 0 Å². The first-order chi connectivity index (χ1) is 9.40. The van der Waals surface area contributed by atoms with Crippen molar-refractivity contribution in [3.05, 3.63) is 33.6 Å². The maximum atomic E-state index is 12.7. The van der Waals surface area contributed by atoms with Crippen molar-refractivity contribution in [3.63, 3.8) is 0 Å². The fourth-order valence-corrected chi connectivity index (χ4v) is 5.35. The van der Waals surface area contributed by atoms with E-state index in [9.17, 15) is 4.79 Å². The molecule has 3 aliphatic rings. The van der Waals surface area contributed by atoms with Gasteiger partial charge >= 0.3 is 0 Å². The molecule has 1 aromatic rings. The first-order valence-electron chi connectivity index (χ1n) is 6.13. The molecule has 1 amide bonds. The zero-order valence-electron chi connectivity index (χ0n) is 10.0. The van der Waals surface area contributed by atoms with Crippen molar-refractivity contribution in [3.8, 4) is 0 Å². The molecule has 3 nitrogen and oxygen atoms in total. The van der Waals surface area contributed by atoms with Crippen LogP contribution >= 0.6 is 46.4 Å². The van der Waals surface area contributed by atoms with Crippen LogP contribution in [0.15, 0.2) is 17.3 Å². The molecule has 7 heteroatoms. The molecular formula is C13H8Cl4N2O. The van der Waals surface area contributed by atoms with Crippen LogP contribution in [0.25, 0.3) is 6.08 Å². The Bertz CT molecular complexity index is 687. The summed E-state index contributed by atoms with van der Waals surface area (Å²) in [5.74, 6) is -0.231. The van der Waals surface area contributed by atoms with Crippen LogP contribution in [0, 0.1) is 5.92 Å². The quantitative estimate of drug-likeness (QED) is 0.669. The van der Waals surface area contributed by atoms with Crippen LogP contribution in [0.5, 0.6) is 0 Å². The van der Waals surface area contributed by atoms with Crippen LogP contribution in [-0.2, 0) is 0 Å². The van der Waals surface area contributed by atoms with E-state index in [2.05, 4.69) is 4.98 Å². The van der Waals surface area contributed by atoms with Crippen LogP contribution in [0.3, 0.4) is 0 Å². The summed E-state index contributed by atoms with van der Waals surface area (Å²) in [6.07, 6.45) is 3.90. The third-order valence-corrected chi connectivity index (χ3v) is 6.12. The lowest BCUT2D eigenvalue weighted by Crippen LogP contribution is -2.44. The second kappa shape index (κ2) is 3.83. The number of rotatable bonds is 0. The monoisotopic (exact) mass is 348 g/mol. The number of pyridine rings is 1. The minimum atomic E-state index is -1.03. The maximum absolute atomic E-state index is 12.7. The van der Waals surface area contributed by atoms with Gasteiger partial charge in [-0.3, -0.25) is 4.79 Å². The van der Waals surface area contributed by atoms with Gasteiger partial charge in [-0.05, 0) is 18.6 Å². The third kappa shape index (κ3) is 1.31. The molecule has 2 fully saturated rings. The fourth-order valence-electron chi connectivity index (χ4n) is 3.49. The van der Waals surface area contributed by atoms with E-state index in [4.69, 9.17) is 46.4 Å². The van der Waals surface area contributed by atoms with Gasteiger partial charge in [0.15, 0.2) is 4.33 Å². The number of aromatic nitrogens is 1. The predicted molar refractivity (Wildman–Crippen MR) is 79.4 cm³/mol. The molecule has 20 heavy (non-hydrogen) atoms. The van der Waals surface area contributed by atoms with E-state index in [0.29, 0.717) is 27.9 Å². The Labute approximate surface area is 135 Å². The van der Waals surface area contributed by atoms with Crippen LogP contribution < -0.4 is 0 Å². The molecule has 1 spiro atoms. The van der Waals surface area contributed by atoms with Crippen molar-refractivity contribution < 1.29 is 4.79 Å². The molecule has 0 aromatic carbocycles. The number of fused-ring (bicyclic) bond motifs is 1. The van der Waals surface area contributed by atoms with Crippen molar-refractivity contribution in [2.45, 2.75) is 16.3 Å². The van der Waals surface area contributed by atoms with Gasteiger partial charge in [-0.25, -0.2) is 4.98 Å². The summed E-state index contributed by atoms with van der Waals surface area (Å²) in [6.45, 7) is 0.582. The van der Waals surface area contributed by atoms with E-state index in [1.165, 1.54) is 6.20 Å². The van der Waals surface area contributed by atoms with Gasteiger partial charge in [0.25, 0.3) is 5.91 Å². The minimum Gasteiger partial charge on any atom is -0.323 e. The van der Waals surface area contributed by atoms with Gasteiger partial charge in [0.2, 0.25) is 0 Å². The van der Waals surface area contributed by atoms with Crippen LogP contribution in [0.1, 0.15) is 22.5 Å². The maximum Gasteiger partial charge on any atom is 0.273 e. The summed E-state index contributed by atoms with van der Waals surface area (Å²) in [5, 5.41) is 0.924. The number of halogens is 4. The Morgan fingerprint density at radius 1 is 1.35 bits per heavy atom. The summed E-state index contributed by atoms with van der Waals surface area (Å²) in [5.41, 5.74) is 0.134. The molecular weight excluding hydrogens is 342 g/mol. The number of hydrogen-bond acceptors (Lipinski definition) is 2. The molecule has 2 unspecified atom stereocenters. The highest BCUT2D eigenvalue weighted by molar-refractivity contribution is 6.55. The van der Waals surface area contributed by atoms with Crippen molar-refractivity contribution in [2.24, 2.45) is 5.92 Å². The molecule has 2 atom stereocenters. The third-order valence-electron chi connectivity index (χ3n) is 4.41. The van der Waals surface area contributed by atoms with E-state index in [-0.39, 0.29) is 11.8 Å². The summed E-state index contributed by atoms with van der Waals surface area (Å²) in [4.78, 5) is 18.5. The highest BCUT2D eigenvalue weighted by Gasteiger charge is 2.83. The Morgan fingerprint density at radius 2 is 2.10 bits per heavy atom. The summed E-state index contributed by atoms with van der Waals surface area (Å²) in [6, 6.07) is 1.67. The van der Waals surface area contributed by atoms with E-state index >= 15 is 0 Å². The lowest BCUT2D eigenvalue weighted by Gasteiger charge is -2.29. The van der Waals surface area contributed by atoms with Crippen molar-refractivity contribution in [2.75, 3.05) is 6.54 Å². The van der Waals surface area contributed by atoms with Gasteiger partial charge in [0, 0.05) is 29.3 Å². The Balaban J connectivity index is 1.96. The number of carbonyl (C=O) groups is 1. The fraction of sp³-hybridized carbons (Fsp3) is 0.385. The molecule has 0 N–H and O–H groups in total. The van der Waals surface area contributed by atoms with Crippen molar-refractivity contribution in [1.82, 2.24) is 9.88 Å². The molecule has 1 saturated heterocycles. The zero-order valence-corrected chi connectivity index (χ0v) is 13.1. The number of amides is 1. The Hall–Kier alpha value is -0.480. The molecule has 4 rings (SSSR count). The molecule has 0 radical (unpaired) electrons.